The minimum atomic E-state index is -1.18. The normalized spacial score (nSPS) is 19.9. The summed E-state index contributed by atoms with van der Waals surface area (Å²) < 4.78 is 2.39. The van der Waals surface area contributed by atoms with Gasteiger partial charge in [0, 0.05) is 6.20 Å². The molecule has 1 aromatic heterocycles. The molecule has 1 aliphatic rings. The van der Waals surface area contributed by atoms with Gasteiger partial charge in [0.2, 0.25) is 0 Å². The molecule has 0 amide bonds. The Labute approximate surface area is 95.4 Å². The molecule has 0 radical (unpaired) electrons. The Morgan fingerprint density at radius 3 is 2.87 bits per heavy atom. The van der Waals surface area contributed by atoms with Gasteiger partial charge in [-0.05, 0) is 34.7 Å². The van der Waals surface area contributed by atoms with Crippen LogP contribution in [0.1, 0.15) is 12.8 Å². The van der Waals surface area contributed by atoms with E-state index >= 15 is 0 Å². The largest absolute Gasteiger partial charge is 0.480 e. The van der Waals surface area contributed by atoms with E-state index in [2.05, 4.69) is 21.0 Å². The SMILES string of the molecule is NC(Cn1cc(Br)cn1)(C(=O)O)C1CC1. The Hall–Kier alpha value is -0.880. The van der Waals surface area contributed by atoms with E-state index in [1.807, 2.05) is 0 Å². The van der Waals surface area contributed by atoms with Gasteiger partial charge >= 0.3 is 5.97 Å². The zero-order valence-electron chi connectivity index (χ0n) is 8.06. The molecule has 1 aliphatic carbocycles. The van der Waals surface area contributed by atoms with E-state index < -0.39 is 11.5 Å². The van der Waals surface area contributed by atoms with Gasteiger partial charge in [0.05, 0.1) is 17.2 Å². The molecule has 1 unspecified atom stereocenters. The number of rotatable bonds is 4. The van der Waals surface area contributed by atoms with Gasteiger partial charge in [-0.1, -0.05) is 0 Å². The van der Waals surface area contributed by atoms with Gasteiger partial charge in [0.25, 0.3) is 0 Å². The second kappa shape index (κ2) is 3.61. The van der Waals surface area contributed by atoms with Gasteiger partial charge in [-0.3, -0.25) is 9.48 Å². The number of hydrogen-bond donors (Lipinski definition) is 2. The highest BCUT2D eigenvalue weighted by atomic mass is 79.9. The molecule has 1 atom stereocenters. The molecular weight excluding hydrogens is 262 g/mol. The highest BCUT2D eigenvalue weighted by Crippen LogP contribution is 2.39. The minimum absolute atomic E-state index is 0.0815. The van der Waals surface area contributed by atoms with Crippen molar-refractivity contribution in [2.24, 2.45) is 11.7 Å². The van der Waals surface area contributed by atoms with Crippen molar-refractivity contribution >= 4 is 21.9 Å². The van der Waals surface area contributed by atoms with Gasteiger partial charge < -0.3 is 10.8 Å². The number of carboxylic acids is 1. The lowest BCUT2D eigenvalue weighted by Gasteiger charge is -2.24. The number of aliphatic carboxylic acids is 1. The Balaban J connectivity index is 2.16. The second-order valence-corrected chi connectivity index (χ2v) is 4.89. The molecule has 82 valence electrons. The van der Waals surface area contributed by atoms with Gasteiger partial charge in [-0.15, -0.1) is 0 Å². The fraction of sp³-hybridized carbons (Fsp3) is 0.556. The van der Waals surface area contributed by atoms with Crippen molar-refractivity contribution in [1.29, 1.82) is 0 Å². The topological polar surface area (TPSA) is 81.1 Å². The minimum Gasteiger partial charge on any atom is -0.480 e. The maximum absolute atomic E-state index is 11.1. The lowest BCUT2D eigenvalue weighted by Crippen LogP contribution is -2.53. The molecule has 3 N–H and O–H groups in total. The lowest BCUT2D eigenvalue weighted by atomic mass is 9.95. The highest BCUT2D eigenvalue weighted by Gasteiger charge is 2.48. The quantitative estimate of drug-likeness (QED) is 0.852. The van der Waals surface area contributed by atoms with E-state index in [1.54, 1.807) is 17.1 Å². The van der Waals surface area contributed by atoms with Crippen LogP contribution in [-0.4, -0.2) is 26.4 Å². The van der Waals surface area contributed by atoms with Gasteiger partial charge in [-0.2, -0.15) is 5.10 Å². The number of halogens is 1. The van der Waals surface area contributed by atoms with Crippen LogP contribution in [0.3, 0.4) is 0 Å². The number of nitrogens with zero attached hydrogens (tertiary/aromatic N) is 2. The monoisotopic (exact) mass is 273 g/mol. The smallest absolute Gasteiger partial charge is 0.325 e. The van der Waals surface area contributed by atoms with Crippen molar-refractivity contribution in [3.63, 3.8) is 0 Å². The van der Waals surface area contributed by atoms with E-state index in [9.17, 15) is 4.79 Å². The predicted molar refractivity (Wildman–Crippen MR) is 57.2 cm³/mol. The first-order chi connectivity index (χ1) is 7.02. The molecule has 0 aromatic carbocycles. The van der Waals surface area contributed by atoms with E-state index in [0.717, 1.165) is 17.3 Å². The summed E-state index contributed by atoms with van der Waals surface area (Å²) >= 11 is 3.26. The molecule has 0 saturated heterocycles. The lowest BCUT2D eigenvalue weighted by molar-refractivity contribution is -0.145. The van der Waals surface area contributed by atoms with Crippen LogP contribution in [0.5, 0.6) is 0 Å². The van der Waals surface area contributed by atoms with E-state index in [0.29, 0.717) is 0 Å². The van der Waals surface area contributed by atoms with E-state index in [4.69, 9.17) is 10.8 Å². The maximum atomic E-state index is 11.1. The van der Waals surface area contributed by atoms with Gasteiger partial charge in [0.15, 0.2) is 0 Å². The first-order valence-electron chi connectivity index (χ1n) is 4.72. The number of aromatic nitrogens is 2. The molecule has 1 saturated carbocycles. The third-order valence-electron chi connectivity index (χ3n) is 2.73. The average Bonchev–Trinajstić information content (AvgIpc) is 2.92. The molecule has 1 fully saturated rings. The van der Waals surface area contributed by atoms with Crippen molar-refractivity contribution in [3.05, 3.63) is 16.9 Å². The molecular formula is C9H12BrN3O2. The molecule has 15 heavy (non-hydrogen) atoms. The van der Waals surface area contributed by atoms with Crippen LogP contribution in [0.4, 0.5) is 0 Å². The molecule has 0 bridgehead atoms. The molecule has 2 rings (SSSR count). The molecule has 0 spiro atoms. The summed E-state index contributed by atoms with van der Waals surface area (Å²) in [7, 11) is 0. The molecule has 6 heteroatoms. The van der Waals surface area contributed by atoms with E-state index in [-0.39, 0.29) is 12.5 Å². The highest BCUT2D eigenvalue weighted by molar-refractivity contribution is 9.10. The number of nitrogens with two attached hydrogens (primary N) is 1. The van der Waals surface area contributed by atoms with Crippen LogP contribution in [0.2, 0.25) is 0 Å². The second-order valence-electron chi connectivity index (χ2n) is 3.98. The van der Waals surface area contributed by atoms with Gasteiger partial charge in [0.1, 0.15) is 5.54 Å². The fourth-order valence-electron chi connectivity index (χ4n) is 1.66. The van der Waals surface area contributed by atoms with Crippen LogP contribution < -0.4 is 5.73 Å². The third kappa shape index (κ3) is 2.05. The van der Waals surface area contributed by atoms with Crippen molar-refractivity contribution in [2.75, 3.05) is 0 Å². The van der Waals surface area contributed by atoms with Crippen molar-refractivity contribution in [3.8, 4) is 0 Å². The van der Waals surface area contributed by atoms with Gasteiger partial charge in [-0.25, -0.2) is 0 Å². The number of carbonyl (C=O) groups is 1. The summed E-state index contributed by atoms with van der Waals surface area (Å²) in [4.78, 5) is 11.1. The van der Waals surface area contributed by atoms with Crippen molar-refractivity contribution in [2.45, 2.75) is 24.9 Å². The van der Waals surface area contributed by atoms with Crippen molar-refractivity contribution in [1.82, 2.24) is 9.78 Å². The number of carboxylic acid groups (broad SMARTS) is 1. The molecule has 1 aromatic rings. The van der Waals surface area contributed by atoms with Crippen LogP contribution in [0.25, 0.3) is 0 Å². The summed E-state index contributed by atoms with van der Waals surface area (Å²) in [6.45, 7) is 0.221. The van der Waals surface area contributed by atoms with Crippen LogP contribution in [0, 0.1) is 5.92 Å². The number of hydrogen-bond acceptors (Lipinski definition) is 3. The maximum Gasteiger partial charge on any atom is 0.325 e. The van der Waals surface area contributed by atoms with Crippen molar-refractivity contribution < 1.29 is 9.90 Å². The fourth-order valence-corrected chi connectivity index (χ4v) is 1.99. The Kier molecular flexibility index (Phi) is 2.56. The summed E-state index contributed by atoms with van der Waals surface area (Å²) in [6, 6.07) is 0. The standard InChI is InChI=1S/C9H12BrN3O2/c10-7-3-12-13(4-7)5-9(11,8(14)15)6-1-2-6/h3-4,6H,1-2,5,11H2,(H,14,15). The Morgan fingerprint density at radius 1 is 1.80 bits per heavy atom. The van der Waals surface area contributed by atoms with Crippen LogP contribution in [-0.2, 0) is 11.3 Å². The zero-order chi connectivity index (χ0) is 11.1. The van der Waals surface area contributed by atoms with E-state index in [1.165, 1.54) is 0 Å². The molecule has 1 heterocycles. The summed E-state index contributed by atoms with van der Waals surface area (Å²) in [5, 5.41) is 13.2. The van der Waals surface area contributed by atoms with Crippen LogP contribution >= 0.6 is 15.9 Å². The Bertz CT molecular complexity index is 388. The van der Waals surface area contributed by atoms with Crippen LogP contribution in [0.15, 0.2) is 16.9 Å². The predicted octanol–water partition coefficient (Wildman–Crippen LogP) is 0.838. The zero-order valence-corrected chi connectivity index (χ0v) is 9.64. The Morgan fingerprint density at radius 2 is 2.47 bits per heavy atom. The summed E-state index contributed by atoms with van der Waals surface area (Å²) in [6.07, 6.45) is 5.14. The summed E-state index contributed by atoms with van der Waals surface area (Å²) in [5.74, 6) is -0.866. The first kappa shape index (κ1) is 10.6. The molecule has 0 aliphatic heterocycles. The third-order valence-corrected chi connectivity index (χ3v) is 3.14. The molecule has 5 nitrogen and oxygen atoms in total. The first-order valence-corrected chi connectivity index (χ1v) is 5.52. The summed E-state index contributed by atoms with van der Waals surface area (Å²) in [5.41, 5.74) is 4.74. The average molecular weight is 274 g/mol.